The number of carbonyl (C=O) groups excluding carboxylic acids is 3. The third-order valence-corrected chi connectivity index (χ3v) is 5.19. The highest BCUT2D eigenvalue weighted by Gasteiger charge is 2.50. The number of azo groups is 2. The number of amides is 3. The van der Waals surface area contributed by atoms with Crippen LogP contribution in [-0.4, -0.2) is 91.1 Å². The molecule has 154 valence electrons. The van der Waals surface area contributed by atoms with E-state index in [2.05, 4.69) is 5.11 Å². The summed E-state index contributed by atoms with van der Waals surface area (Å²) in [7, 11) is 0. The molecule has 0 bridgehead atoms. The van der Waals surface area contributed by atoms with Crippen LogP contribution in [0, 0.1) is 0 Å². The van der Waals surface area contributed by atoms with Crippen molar-refractivity contribution in [2.45, 2.75) is 13.2 Å². The molecule has 0 aliphatic carbocycles. The second-order valence-corrected chi connectivity index (χ2v) is 6.94. The van der Waals surface area contributed by atoms with Crippen LogP contribution in [0.2, 0.25) is 0 Å². The molecule has 0 saturated carbocycles. The molecule has 1 aromatic carbocycles. The Kier molecular flexibility index (Phi) is 5.43. The Morgan fingerprint density at radius 2 is 1.83 bits per heavy atom. The Hall–Kier alpha value is -3.01. The number of nitrogens with zero attached hydrogens (tertiary/aromatic N) is 5. The van der Waals surface area contributed by atoms with Crippen molar-refractivity contribution in [3.8, 4) is 5.75 Å². The smallest absolute Gasteiger partial charge is 0.494 e. The molecule has 3 aliphatic heterocycles. The molecule has 4 rings (SSSR count). The van der Waals surface area contributed by atoms with Gasteiger partial charge in [-0.25, -0.2) is 4.79 Å². The number of fused-ring (bicyclic) bond motifs is 1. The van der Waals surface area contributed by atoms with Crippen LogP contribution in [0.25, 0.3) is 0 Å². The molecule has 1 atom stereocenters. The van der Waals surface area contributed by atoms with Crippen molar-refractivity contribution in [1.29, 1.82) is 0 Å². The largest absolute Gasteiger partial charge is 0.502 e. The Labute approximate surface area is 168 Å². The summed E-state index contributed by atoms with van der Waals surface area (Å²) in [6, 6.07) is 7.51. The maximum Gasteiger partial charge on any atom is 0.502 e. The first-order chi connectivity index (χ1) is 14.1. The van der Waals surface area contributed by atoms with Crippen LogP contribution in [0.4, 0.5) is 5.69 Å². The van der Waals surface area contributed by atoms with Gasteiger partial charge < -0.3 is 19.3 Å². The average Bonchev–Trinajstić information content (AvgIpc) is 3.17. The van der Waals surface area contributed by atoms with Crippen LogP contribution in [0.1, 0.15) is 6.92 Å². The molecule has 0 radical (unpaired) electrons. The predicted octanol–water partition coefficient (Wildman–Crippen LogP) is -0.119. The fraction of sp³-hybridized carbons (Fsp3) is 0.526. The van der Waals surface area contributed by atoms with E-state index in [9.17, 15) is 14.4 Å². The fourth-order valence-corrected chi connectivity index (χ4v) is 3.67. The van der Waals surface area contributed by atoms with E-state index in [0.717, 1.165) is 16.1 Å². The molecule has 3 heterocycles. The summed E-state index contributed by atoms with van der Waals surface area (Å²) >= 11 is 0. The second kappa shape index (κ2) is 8.16. The Bertz CT molecular complexity index is 834. The number of hydrogen-bond donors (Lipinski definition) is 0. The summed E-state index contributed by atoms with van der Waals surface area (Å²) in [6.45, 7) is 5.09. The lowest BCUT2D eigenvalue weighted by Gasteiger charge is -2.28. The van der Waals surface area contributed by atoms with Crippen LogP contribution in [-0.2, 0) is 19.1 Å². The highest BCUT2D eigenvalue weighted by atomic mass is 16.5. The van der Waals surface area contributed by atoms with E-state index >= 15 is 0 Å². The molecule has 29 heavy (non-hydrogen) atoms. The molecule has 0 aromatic heterocycles. The van der Waals surface area contributed by atoms with Crippen LogP contribution >= 0.6 is 0 Å². The second-order valence-electron chi connectivity index (χ2n) is 6.94. The van der Waals surface area contributed by atoms with Gasteiger partial charge in [0.25, 0.3) is 18.7 Å². The number of carbonyl (C=O) groups is 3. The minimum atomic E-state index is -0.767. The minimum absolute atomic E-state index is 0.239. The van der Waals surface area contributed by atoms with Gasteiger partial charge in [0.1, 0.15) is 5.75 Å². The van der Waals surface area contributed by atoms with Crippen molar-refractivity contribution >= 4 is 23.4 Å². The third kappa shape index (κ3) is 3.80. The molecule has 3 aliphatic rings. The monoisotopic (exact) mass is 402 g/mol. The maximum absolute atomic E-state index is 12.6. The molecule has 0 spiro atoms. The topological polar surface area (TPSA) is 94.8 Å². The Morgan fingerprint density at radius 3 is 2.52 bits per heavy atom. The molecule has 10 nitrogen and oxygen atoms in total. The van der Waals surface area contributed by atoms with Gasteiger partial charge >= 0.3 is 11.8 Å². The molecule has 2 saturated heterocycles. The zero-order valence-electron chi connectivity index (χ0n) is 16.3. The number of rotatable bonds is 5. The van der Waals surface area contributed by atoms with Crippen LogP contribution in [0.15, 0.2) is 29.4 Å². The van der Waals surface area contributed by atoms with E-state index < -0.39 is 18.1 Å². The normalized spacial score (nSPS) is 21.9. The fourth-order valence-electron chi connectivity index (χ4n) is 3.67. The lowest BCUT2D eigenvalue weighted by Crippen LogP contribution is -2.54. The van der Waals surface area contributed by atoms with Crippen molar-refractivity contribution in [2.75, 3.05) is 57.4 Å². The molecular weight excluding hydrogens is 378 g/mol. The highest BCUT2D eigenvalue weighted by molar-refractivity contribution is 6.31. The van der Waals surface area contributed by atoms with Gasteiger partial charge in [0.2, 0.25) is 0 Å². The molecule has 3 amide bonds. The summed E-state index contributed by atoms with van der Waals surface area (Å²) in [4.78, 5) is 42.6. The molecule has 10 heteroatoms. The van der Waals surface area contributed by atoms with E-state index in [1.807, 2.05) is 36.1 Å². The zero-order chi connectivity index (χ0) is 20.4. The Morgan fingerprint density at radius 1 is 1.14 bits per heavy atom. The maximum atomic E-state index is 12.6. The van der Waals surface area contributed by atoms with E-state index in [1.165, 1.54) is 4.90 Å². The van der Waals surface area contributed by atoms with Crippen LogP contribution < -0.4 is 9.64 Å². The van der Waals surface area contributed by atoms with Gasteiger partial charge in [-0.2, -0.15) is 0 Å². The molecule has 1 unspecified atom stereocenters. The van der Waals surface area contributed by atoms with Crippen molar-refractivity contribution in [3.63, 3.8) is 0 Å². The van der Waals surface area contributed by atoms with E-state index in [0.29, 0.717) is 46.0 Å². The van der Waals surface area contributed by atoms with Gasteiger partial charge in [0, 0.05) is 37.0 Å². The predicted molar refractivity (Wildman–Crippen MR) is 100 cm³/mol. The minimum Gasteiger partial charge on any atom is -0.494 e. The molecular formula is C19H24N5O5+. The van der Waals surface area contributed by atoms with Crippen LogP contribution in [0.5, 0.6) is 5.75 Å². The van der Waals surface area contributed by atoms with Crippen molar-refractivity contribution in [3.05, 3.63) is 24.3 Å². The number of morpholine rings is 1. The molecule has 0 N–H and O–H groups in total. The first-order valence-corrected chi connectivity index (χ1v) is 9.76. The lowest BCUT2D eigenvalue weighted by molar-refractivity contribution is -0.510. The Balaban J connectivity index is 1.54. The van der Waals surface area contributed by atoms with E-state index in [1.54, 1.807) is 4.90 Å². The number of hydrogen-bond acceptors (Lipinski definition) is 7. The number of anilines is 1. The van der Waals surface area contributed by atoms with E-state index in [-0.39, 0.29) is 12.5 Å². The molecule has 2 fully saturated rings. The summed E-state index contributed by atoms with van der Waals surface area (Å²) in [6.07, 6.45) is -0.643. The number of benzene rings is 1. The van der Waals surface area contributed by atoms with Crippen LogP contribution in [0.3, 0.4) is 0 Å². The first-order valence-electron chi connectivity index (χ1n) is 9.76. The number of ether oxygens (including phenoxy) is 2. The van der Waals surface area contributed by atoms with Gasteiger partial charge in [-0.15, -0.1) is 0 Å². The standard InChI is InChI=1S/C19H24N5O5/c1-2-29-15-5-3-14(4-6-15)22-7-8-23-17(26)18(27)24(20-19(22)23)13-16(25)21-9-11-28-12-10-21/h3-6,19H,2,7-13H2,1H3/q+1. The summed E-state index contributed by atoms with van der Waals surface area (Å²) in [5.74, 6) is -0.876. The lowest BCUT2D eigenvalue weighted by atomic mass is 10.3. The van der Waals surface area contributed by atoms with Gasteiger partial charge in [0.05, 0.1) is 19.8 Å². The summed E-state index contributed by atoms with van der Waals surface area (Å²) in [5.41, 5.74) is 0.867. The summed E-state index contributed by atoms with van der Waals surface area (Å²) < 4.78 is 11.7. The first kappa shape index (κ1) is 19.3. The van der Waals surface area contributed by atoms with Crippen molar-refractivity contribution < 1.29 is 28.6 Å². The van der Waals surface area contributed by atoms with E-state index in [4.69, 9.17) is 9.47 Å². The average molecular weight is 402 g/mol. The molecule has 1 aromatic rings. The zero-order valence-corrected chi connectivity index (χ0v) is 16.3. The third-order valence-electron chi connectivity index (χ3n) is 5.19. The van der Waals surface area contributed by atoms with Gasteiger partial charge in [0.15, 0.2) is 0 Å². The highest BCUT2D eigenvalue weighted by Crippen LogP contribution is 2.28. The SMILES string of the molecule is CCOc1ccc(N2CCN3C(=O)C(=O)[N+](CC(=O)N4CCOCC4)=NC32)cc1. The van der Waals surface area contributed by atoms with Crippen molar-refractivity contribution in [2.24, 2.45) is 5.11 Å². The quantitative estimate of drug-likeness (QED) is 0.504. The van der Waals surface area contributed by atoms with Gasteiger partial charge in [-0.3, -0.25) is 14.5 Å². The van der Waals surface area contributed by atoms with Gasteiger partial charge in [-0.05, 0) is 35.9 Å². The van der Waals surface area contributed by atoms with Crippen molar-refractivity contribution in [1.82, 2.24) is 9.80 Å². The summed E-state index contributed by atoms with van der Waals surface area (Å²) in [5, 5.41) is 4.43. The van der Waals surface area contributed by atoms with Gasteiger partial charge in [-0.1, -0.05) is 0 Å².